The number of halogens is 2. The van der Waals surface area contributed by atoms with E-state index >= 15 is 0 Å². The Morgan fingerprint density at radius 3 is 2.54 bits per heavy atom. The van der Waals surface area contributed by atoms with Crippen LogP contribution in [-0.2, 0) is 5.41 Å². The van der Waals surface area contributed by atoms with Crippen molar-refractivity contribution in [3.8, 4) is 5.75 Å². The topological polar surface area (TPSA) is 44.6 Å². The van der Waals surface area contributed by atoms with Crippen LogP contribution in [0.4, 0.5) is 5.69 Å². The number of fused-ring (bicyclic) bond motifs is 1. The molecule has 0 aromatic heterocycles. The molecule has 0 radical (unpaired) electrons. The van der Waals surface area contributed by atoms with E-state index in [1.807, 2.05) is 52.0 Å². The number of aromatic hydroxyl groups is 1. The smallest absolute Gasteiger partial charge is 0.148 e. The van der Waals surface area contributed by atoms with Gasteiger partial charge in [0.25, 0.3) is 0 Å². The van der Waals surface area contributed by atoms with Crippen molar-refractivity contribution in [2.24, 2.45) is 4.99 Å². The van der Waals surface area contributed by atoms with Crippen LogP contribution in [0.25, 0.3) is 0 Å². The molecule has 2 aromatic carbocycles. The Bertz CT molecular complexity index is 857. The van der Waals surface area contributed by atoms with E-state index in [9.17, 15) is 5.11 Å². The third-order valence-corrected chi connectivity index (χ3v) is 5.44. The van der Waals surface area contributed by atoms with Gasteiger partial charge >= 0.3 is 0 Å². The van der Waals surface area contributed by atoms with E-state index in [0.29, 0.717) is 21.4 Å². The van der Waals surface area contributed by atoms with Crippen LogP contribution in [-0.4, -0.2) is 10.9 Å². The van der Waals surface area contributed by atoms with E-state index < -0.39 is 0 Å². The fourth-order valence-corrected chi connectivity index (χ4v) is 3.68. The van der Waals surface area contributed by atoms with Crippen LogP contribution >= 0.6 is 35.1 Å². The van der Waals surface area contributed by atoms with E-state index in [1.165, 1.54) is 11.9 Å². The molecular formula is C18H18Cl2N2OS. The first kappa shape index (κ1) is 17.5. The average molecular weight is 381 g/mol. The van der Waals surface area contributed by atoms with Crippen LogP contribution in [0, 0.1) is 6.92 Å². The lowest BCUT2D eigenvalue weighted by molar-refractivity contribution is 0.445. The highest BCUT2D eigenvalue weighted by atomic mass is 35.5. The molecule has 0 saturated heterocycles. The highest BCUT2D eigenvalue weighted by molar-refractivity contribution is 7.98. The molecule has 0 fully saturated rings. The first-order valence-electron chi connectivity index (χ1n) is 7.52. The average Bonchev–Trinajstić information content (AvgIpc) is 2.49. The first-order valence-corrected chi connectivity index (χ1v) is 9.09. The lowest BCUT2D eigenvalue weighted by Crippen LogP contribution is -2.23. The predicted octanol–water partition coefficient (Wildman–Crippen LogP) is 5.99. The van der Waals surface area contributed by atoms with E-state index in [2.05, 4.69) is 9.71 Å². The van der Waals surface area contributed by atoms with Gasteiger partial charge in [0.1, 0.15) is 11.6 Å². The second kappa shape index (κ2) is 6.17. The molecule has 1 aliphatic heterocycles. The molecule has 2 N–H and O–H groups in total. The van der Waals surface area contributed by atoms with E-state index in [1.54, 1.807) is 0 Å². The number of phenols is 1. The van der Waals surface area contributed by atoms with Crippen LogP contribution in [0.3, 0.4) is 0 Å². The van der Waals surface area contributed by atoms with Crippen molar-refractivity contribution in [2.75, 3.05) is 0 Å². The Kier molecular flexibility index (Phi) is 4.49. The molecule has 0 bridgehead atoms. The number of hydrogen-bond donors (Lipinski definition) is 2. The minimum absolute atomic E-state index is 0.210. The van der Waals surface area contributed by atoms with Gasteiger partial charge in [0.15, 0.2) is 0 Å². The first-order chi connectivity index (χ1) is 11.2. The molecule has 126 valence electrons. The third-order valence-electron chi connectivity index (χ3n) is 3.95. The van der Waals surface area contributed by atoms with Gasteiger partial charge in [0, 0.05) is 15.6 Å². The number of phenolic OH excluding ortho intramolecular Hbond substituents is 1. The number of nitrogens with one attached hydrogen (secondary N) is 1. The van der Waals surface area contributed by atoms with Crippen molar-refractivity contribution in [1.82, 2.24) is 4.72 Å². The Labute approximate surface area is 156 Å². The second-order valence-corrected chi connectivity index (χ2v) is 8.47. The van der Waals surface area contributed by atoms with Gasteiger partial charge in [0.05, 0.1) is 16.1 Å². The maximum atomic E-state index is 10.9. The number of amidine groups is 1. The maximum absolute atomic E-state index is 10.9. The van der Waals surface area contributed by atoms with Gasteiger partial charge in [-0.05, 0) is 54.1 Å². The zero-order valence-corrected chi connectivity index (χ0v) is 16.2. The molecule has 0 spiro atoms. The Morgan fingerprint density at radius 2 is 1.88 bits per heavy atom. The Balaban J connectivity index is 2.22. The van der Waals surface area contributed by atoms with Crippen LogP contribution in [0.2, 0.25) is 10.0 Å². The Morgan fingerprint density at radius 1 is 1.17 bits per heavy atom. The number of benzene rings is 2. The van der Waals surface area contributed by atoms with E-state index in [4.69, 9.17) is 23.2 Å². The quantitative estimate of drug-likeness (QED) is 0.596. The summed E-state index contributed by atoms with van der Waals surface area (Å²) in [7, 11) is 0. The lowest BCUT2D eigenvalue weighted by atomic mass is 9.84. The second-order valence-electron chi connectivity index (χ2n) is 6.78. The normalized spacial score (nSPS) is 14.0. The lowest BCUT2D eigenvalue weighted by Gasteiger charge is -2.25. The summed E-state index contributed by atoms with van der Waals surface area (Å²) >= 11 is 13.9. The minimum atomic E-state index is -0.236. The predicted molar refractivity (Wildman–Crippen MR) is 103 cm³/mol. The zero-order valence-electron chi connectivity index (χ0n) is 13.9. The monoisotopic (exact) mass is 380 g/mol. The summed E-state index contributed by atoms with van der Waals surface area (Å²) in [6.45, 7) is 8.00. The maximum Gasteiger partial charge on any atom is 0.148 e. The molecular weight excluding hydrogens is 363 g/mol. The minimum Gasteiger partial charge on any atom is -0.507 e. The van der Waals surface area contributed by atoms with Gasteiger partial charge in [0.2, 0.25) is 0 Å². The van der Waals surface area contributed by atoms with Gasteiger partial charge in [-0.1, -0.05) is 44.0 Å². The summed E-state index contributed by atoms with van der Waals surface area (Å²) in [5, 5.41) is 12.1. The number of nitrogens with zero attached hydrogens (tertiary/aromatic N) is 1. The van der Waals surface area contributed by atoms with Crippen molar-refractivity contribution in [3.05, 3.63) is 51.0 Å². The van der Waals surface area contributed by atoms with Gasteiger partial charge in [-0.2, -0.15) is 0 Å². The highest BCUT2D eigenvalue weighted by Gasteiger charge is 2.27. The largest absolute Gasteiger partial charge is 0.507 e. The summed E-state index contributed by atoms with van der Waals surface area (Å²) in [6.07, 6.45) is 0. The summed E-state index contributed by atoms with van der Waals surface area (Å²) in [5.41, 5.74) is 2.75. The molecule has 0 unspecified atom stereocenters. The van der Waals surface area contributed by atoms with Crippen LogP contribution in [0.1, 0.15) is 37.5 Å². The standard InChI is InChI=1S/C18H18Cl2N2OS/c1-9-12(20)8-11(18(2,3)4)16(23)15(9)17-21-13-7-10(19)5-6-14(13)24-22-17/h5-8,23H,1-4H3,(H,21,22). The van der Waals surface area contributed by atoms with Crippen molar-refractivity contribution in [3.63, 3.8) is 0 Å². The summed E-state index contributed by atoms with van der Waals surface area (Å²) in [5.74, 6) is 0.791. The molecule has 0 atom stereocenters. The molecule has 3 nitrogen and oxygen atoms in total. The highest BCUT2D eigenvalue weighted by Crippen LogP contribution is 2.41. The third kappa shape index (κ3) is 3.10. The van der Waals surface area contributed by atoms with Gasteiger partial charge in [-0.3, -0.25) is 0 Å². The molecule has 3 rings (SSSR count). The van der Waals surface area contributed by atoms with Gasteiger partial charge in [-0.25, -0.2) is 4.99 Å². The summed E-state index contributed by atoms with van der Waals surface area (Å²) < 4.78 is 3.20. The number of hydrogen-bond acceptors (Lipinski definition) is 4. The molecule has 1 heterocycles. The van der Waals surface area contributed by atoms with Crippen LogP contribution in [0.15, 0.2) is 34.2 Å². The van der Waals surface area contributed by atoms with Crippen LogP contribution < -0.4 is 4.72 Å². The van der Waals surface area contributed by atoms with Gasteiger partial charge in [-0.15, -0.1) is 0 Å². The van der Waals surface area contributed by atoms with E-state index in [-0.39, 0.29) is 11.2 Å². The Hall–Kier alpha value is -1.36. The molecule has 0 saturated carbocycles. The summed E-state index contributed by atoms with van der Waals surface area (Å²) in [4.78, 5) is 5.63. The van der Waals surface area contributed by atoms with Crippen molar-refractivity contribution in [2.45, 2.75) is 38.0 Å². The zero-order chi connectivity index (χ0) is 17.6. The van der Waals surface area contributed by atoms with Crippen molar-refractivity contribution in [1.29, 1.82) is 0 Å². The fraction of sp³-hybridized carbons (Fsp3) is 0.278. The molecule has 0 amide bonds. The molecule has 1 aliphatic rings. The van der Waals surface area contributed by atoms with Gasteiger partial charge < -0.3 is 9.83 Å². The van der Waals surface area contributed by atoms with Crippen LogP contribution in [0.5, 0.6) is 5.75 Å². The molecule has 2 aromatic rings. The molecule has 0 aliphatic carbocycles. The number of rotatable bonds is 1. The fourth-order valence-electron chi connectivity index (χ4n) is 2.61. The SMILES string of the molecule is Cc1c(Cl)cc(C(C)(C)C)c(O)c1C1=Nc2cc(Cl)ccc2SN1. The summed E-state index contributed by atoms with van der Waals surface area (Å²) in [6, 6.07) is 7.39. The number of aliphatic imine (C=N–C) groups is 1. The van der Waals surface area contributed by atoms with Crippen molar-refractivity contribution >= 4 is 46.7 Å². The van der Waals surface area contributed by atoms with E-state index in [0.717, 1.165) is 21.7 Å². The van der Waals surface area contributed by atoms with Crippen molar-refractivity contribution < 1.29 is 5.11 Å². The molecule has 24 heavy (non-hydrogen) atoms. The molecule has 6 heteroatoms.